The van der Waals surface area contributed by atoms with Gasteiger partial charge in [0.15, 0.2) is 5.76 Å². The topological polar surface area (TPSA) is 78.9 Å². The molecule has 2 aromatic rings. The highest BCUT2D eigenvalue weighted by Gasteiger charge is 2.38. The zero-order chi connectivity index (χ0) is 20.0. The molecule has 0 bridgehead atoms. The van der Waals surface area contributed by atoms with Crippen LogP contribution in [0.15, 0.2) is 47.7 Å². The molecule has 0 fully saturated rings. The number of Topliss-reactive ketones (excluding diaryl/α,β-unsaturated/α-hetero) is 1. The summed E-state index contributed by atoms with van der Waals surface area (Å²) < 4.78 is 16.0. The van der Waals surface area contributed by atoms with Gasteiger partial charge in [0.2, 0.25) is 5.78 Å². The molecule has 6 nitrogen and oxygen atoms in total. The lowest BCUT2D eigenvalue weighted by Gasteiger charge is -2.26. The summed E-state index contributed by atoms with van der Waals surface area (Å²) in [7, 11) is 1.32. The first kappa shape index (κ1) is 18.0. The summed E-state index contributed by atoms with van der Waals surface area (Å²) in [6.45, 7) is 3.63. The van der Waals surface area contributed by atoms with Gasteiger partial charge in [-0.25, -0.2) is 4.79 Å². The van der Waals surface area contributed by atoms with Gasteiger partial charge in [-0.1, -0.05) is 12.1 Å². The summed E-state index contributed by atoms with van der Waals surface area (Å²) in [5.74, 6) is -0.177. The summed E-state index contributed by atoms with van der Waals surface area (Å²) >= 11 is 0. The summed E-state index contributed by atoms with van der Waals surface area (Å²) in [5.41, 5.74) is 3.15. The third-order valence-electron chi connectivity index (χ3n) is 4.94. The molecule has 0 saturated carbocycles. The second kappa shape index (κ2) is 6.64. The molecule has 28 heavy (non-hydrogen) atoms. The van der Waals surface area contributed by atoms with Crippen molar-refractivity contribution in [3.63, 3.8) is 0 Å². The fraction of sp³-hybridized carbons (Fsp3) is 0.227. The van der Waals surface area contributed by atoms with Crippen LogP contribution in [0.4, 0.5) is 0 Å². The number of fused-ring (bicyclic) bond motifs is 3. The smallest absolute Gasteiger partial charge is 0.337 e. The van der Waals surface area contributed by atoms with Crippen LogP contribution in [0.5, 0.6) is 11.5 Å². The molecule has 142 valence electrons. The molecule has 0 saturated heterocycles. The van der Waals surface area contributed by atoms with Crippen LogP contribution in [-0.4, -0.2) is 24.8 Å². The summed E-state index contributed by atoms with van der Waals surface area (Å²) in [4.78, 5) is 36.5. The predicted molar refractivity (Wildman–Crippen MR) is 99.7 cm³/mol. The number of carbonyl (C=O) groups is 3. The van der Waals surface area contributed by atoms with Gasteiger partial charge in [0.05, 0.1) is 24.7 Å². The molecule has 2 aromatic carbocycles. The minimum absolute atomic E-state index is 0.114. The Hall–Kier alpha value is -3.41. The Balaban J connectivity index is 1.83. The molecule has 0 spiro atoms. The van der Waals surface area contributed by atoms with Crippen molar-refractivity contribution in [3.05, 3.63) is 70.0 Å². The Bertz CT molecular complexity index is 1040. The molecule has 0 amide bonds. The molecule has 2 aliphatic heterocycles. The van der Waals surface area contributed by atoms with Crippen LogP contribution in [0.1, 0.15) is 58.0 Å². The molecule has 1 atom stereocenters. The Morgan fingerprint density at radius 3 is 2.39 bits per heavy atom. The number of hydrogen-bond donors (Lipinski definition) is 0. The Morgan fingerprint density at radius 2 is 1.75 bits per heavy atom. The quantitative estimate of drug-likeness (QED) is 0.450. The lowest BCUT2D eigenvalue weighted by Crippen LogP contribution is -2.21. The van der Waals surface area contributed by atoms with Crippen LogP contribution in [-0.2, 0) is 9.53 Å². The molecular weight excluding hydrogens is 360 g/mol. The van der Waals surface area contributed by atoms with Crippen LogP contribution in [0.3, 0.4) is 0 Å². The second-order valence-corrected chi connectivity index (χ2v) is 6.96. The SMILES string of the molecule is COC(=O)c1ccc([C@H]2CC(=O)Oc3ccc4c(c32)OC(=C(C)C)C4=O)cc1. The Labute approximate surface area is 161 Å². The number of carbonyl (C=O) groups excluding carboxylic acids is 3. The van der Waals surface area contributed by atoms with E-state index in [9.17, 15) is 14.4 Å². The van der Waals surface area contributed by atoms with E-state index in [1.54, 1.807) is 36.4 Å². The number of benzene rings is 2. The van der Waals surface area contributed by atoms with Crippen LogP contribution in [0, 0.1) is 0 Å². The zero-order valence-corrected chi connectivity index (χ0v) is 15.7. The van der Waals surface area contributed by atoms with E-state index >= 15 is 0 Å². The van der Waals surface area contributed by atoms with Crippen molar-refractivity contribution in [2.24, 2.45) is 0 Å². The Morgan fingerprint density at radius 1 is 1.04 bits per heavy atom. The molecular formula is C22H18O6. The van der Waals surface area contributed by atoms with E-state index in [4.69, 9.17) is 14.2 Å². The van der Waals surface area contributed by atoms with Gasteiger partial charge in [0.1, 0.15) is 11.5 Å². The Kier molecular flexibility index (Phi) is 4.26. The van der Waals surface area contributed by atoms with Crippen molar-refractivity contribution in [2.75, 3.05) is 7.11 Å². The van der Waals surface area contributed by atoms with Gasteiger partial charge in [0, 0.05) is 11.5 Å². The maximum Gasteiger partial charge on any atom is 0.337 e. The molecule has 0 aliphatic carbocycles. The average Bonchev–Trinajstić information content (AvgIpc) is 3.03. The summed E-state index contributed by atoms with van der Waals surface area (Å²) in [5, 5.41) is 0. The van der Waals surface area contributed by atoms with Gasteiger partial charge < -0.3 is 14.2 Å². The number of hydrogen-bond acceptors (Lipinski definition) is 6. The van der Waals surface area contributed by atoms with Crippen molar-refractivity contribution in [1.82, 2.24) is 0 Å². The maximum atomic E-state index is 12.6. The van der Waals surface area contributed by atoms with Crippen molar-refractivity contribution in [1.29, 1.82) is 0 Å². The average molecular weight is 378 g/mol. The third kappa shape index (κ3) is 2.78. The van der Waals surface area contributed by atoms with Crippen molar-refractivity contribution >= 4 is 17.7 Å². The first-order valence-electron chi connectivity index (χ1n) is 8.86. The normalized spacial score (nSPS) is 17.4. The molecule has 0 unspecified atom stereocenters. The summed E-state index contributed by atoms with van der Waals surface area (Å²) in [6.07, 6.45) is 0.114. The van der Waals surface area contributed by atoms with E-state index in [0.717, 1.165) is 11.1 Å². The van der Waals surface area contributed by atoms with Crippen LogP contribution in [0.2, 0.25) is 0 Å². The highest BCUT2D eigenvalue weighted by atomic mass is 16.5. The van der Waals surface area contributed by atoms with E-state index in [2.05, 4.69) is 0 Å². The number of allylic oxidation sites excluding steroid dienone is 2. The summed E-state index contributed by atoms with van der Waals surface area (Å²) in [6, 6.07) is 10.1. The first-order valence-corrected chi connectivity index (χ1v) is 8.86. The molecule has 2 aliphatic rings. The number of esters is 2. The van der Waals surface area contributed by atoms with Gasteiger partial charge in [-0.3, -0.25) is 9.59 Å². The largest absolute Gasteiger partial charge is 0.465 e. The van der Waals surface area contributed by atoms with Gasteiger partial charge in [-0.05, 0) is 49.2 Å². The second-order valence-electron chi connectivity index (χ2n) is 6.96. The monoisotopic (exact) mass is 378 g/mol. The van der Waals surface area contributed by atoms with Crippen LogP contribution >= 0.6 is 0 Å². The minimum atomic E-state index is -0.432. The molecule has 4 rings (SSSR count). The third-order valence-corrected chi connectivity index (χ3v) is 4.94. The number of rotatable bonds is 2. The first-order chi connectivity index (χ1) is 13.4. The number of methoxy groups -OCH3 is 1. The van der Waals surface area contributed by atoms with Crippen molar-refractivity contribution in [3.8, 4) is 11.5 Å². The van der Waals surface area contributed by atoms with E-state index < -0.39 is 5.97 Å². The molecule has 6 heteroatoms. The van der Waals surface area contributed by atoms with Gasteiger partial charge in [-0.2, -0.15) is 0 Å². The van der Waals surface area contributed by atoms with E-state index in [1.807, 2.05) is 13.8 Å². The van der Waals surface area contributed by atoms with Crippen LogP contribution < -0.4 is 9.47 Å². The minimum Gasteiger partial charge on any atom is -0.465 e. The number of ether oxygens (including phenoxy) is 3. The van der Waals surface area contributed by atoms with Crippen molar-refractivity contribution < 1.29 is 28.6 Å². The van der Waals surface area contributed by atoms with E-state index in [0.29, 0.717) is 33.9 Å². The van der Waals surface area contributed by atoms with Gasteiger partial charge in [0.25, 0.3) is 0 Å². The van der Waals surface area contributed by atoms with Gasteiger partial charge in [-0.15, -0.1) is 0 Å². The van der Waals surface area contributed by atoms with Crippen LogP contribution in [0.25, 0.3) is 0 Å². The molecule has 0 radical (unpaired) electrons. The predicted octanol–water partition coefficient (Wildman–Crippen LogP) is 3.78. The van der Waals surface area contributed by atoms with E-state index in [-0.39, 0.29) is 24.1 Å². The lowest BCUT2D eigenvalue weighted by atomic mass is 9.84. The molecule has 2 heterocycles. The molecule has 0 N–H and O–H groups in total. The maximum absolute atomic E-state index is 12.6. The highest BCUT2D eigenvalue weighted by Crippen LogP contribution is 2.49. The zero-order valence-electron chi connectivity index (χ0n) is 15.7. The van der Waals surface area contributed by atoms with Gasteiger partial charge >= 0.3 is 11.9 Å². The van der Waals surface area contributed by atoms with E-state index in [1.165, 1.54) is 7.11 Å². The lowest BCUT2D eigenvalue weighted by molar-refractivity contribution is -0.135. The highest BCUT2D eigenvalue weighted by molar-refractivity contribution is 6.13. The number of ketones is 1. The fourth-order valence-electron chi connectivity index (χ4n) is 3.58. The molecule has 0 aromatic heterocycles. The fourth-order valence-corrected chi connectivity index (χ4v) is 3.58. The standard InChI is InChI=1S/C22H18O6/c1-11(2)20-19(24)14-8-9-16-18(21(14)28-20)15(10-17(23)27-16)12-4-6-13(7-5-12)22(25)26-3/h4-9,15H,10H2,1-3H3/t15-/m1/s1. The van der Waals surface area contributed by atoms with Crippen molar-refractivity contribution in [2.45, 2.75) is 26.2 Å².